The van der Waals surface area contributed by atoms with E-state index in [0.29, 0.717) is 17.1 Å². The summed E-state index contributed by atoms with van der Waals surface area (Å²) in [5.41, 5.74) is 0.0794. The average molecular weight is 288 g/mol. The van der Waals surface area contributed by atoms with Gasteiger partial charge in [0.15, 0.2) is 0 Å². The van der Waals surface area contributed by atoms with E-state index in [0.717, 1.165) is 11.3 Å². The van der Waals surface area contributed by atoms with Crippen LogP contribution < -0.4 is 14.2 Å². The molecule has 0 fully saturated rings. The maximum Gasteiger partial charge on any atom is 0.129 e. The molecule has 1 atom stereocenters. The Morgan fingerprint density at radius 3 is 1.76 bits per heavy atom. The zero-order valence-electron chi connectivity index (χ0n) is 12.7. The lowest BCUT2D eigenvalue weighted by atomic mass is 9.87. The summed E-state index contributed by atoms with van der Waals surface area (Å²) in [4.78, 5) is 0. The van der Waals surface area contributed by atoms with Crippen molar-refractivity contribution in [3.05, 3.63) is 53.6 Å². The van der Waals surface area contributed by atoms with Crippen LogP contribution in [0.25, 0.3) is 0 Å². The van der Waals surface area contributed by atoms with Crippen LogP contribution in [0.2, 0.25) is 0 Å². The van der Waals surface area contributed by atoms with E-state index in [1.54, 1.807) is 40.4 Å². The zero-order valence-corrected chi connectivity index (χ0v) is 12.7. The first-order valence-corrected chi connectivity index (χ1v) is 6.63. The smallest absolute Gasteiger partial charge is 0.129 e. The maximum absolute atomic E-state index is 11.0. The molecule has 0 saturated carbocycles. The van der Waals surface area contributed by atoms with Gasteiger partial charge in [0.2, 0.25) is 0 Å². The first-order valence-electron chi connectivity index (χ1n) is 6.63. The largest absolute Gasteiger partial charge is 0.497 e. The van der Waals surface area contributed by atoms with E-state index >= 15 is 0 Å². The SMILES string of the molecule is COc1ccc(C(C)(O)c2c(OC)cccc2OC)cc1. The topological polar surface area (TPSA) is 47.9 Å². The molecule has 0 amide bonds. The van der Waals surface area contributed by atoms with Gasteiger partial charge in [0, 0.05) is 0 Å². The lowest BCUT2D eigenvalue weighted by Gasteiger charge is -2.28. The van der Waals surface area contributed by atoms with E-state index in [-0.39, 0.29) is 0 Å². The molecule has 0 saturated heterocycles. The fourth-order valence-corrected chi connectivity index (χ4v) is 2.39. The monoisotopic (exact) mass is 288 g/mol. The molecule has 112 valence electrons. The van der Waals surface area contributed by atoms with Gasteiger partial charge in [-0.2, -0.15) is 0 Å². The van der Waals surface area contributed by atoms with Crippen molar-refractivity contribution in [3.8, 4) is 17.2 Å². The number of methoxy groups -OCH3 is 3. The molecule has 1 unspecified atom stereocenters. The Hall–Kier alpha value is -2.20. The van der Waals surface area contributed by atoms with Gasteiger partial charge in [-0.05, 0) is 36.8 Å². The molecular weight excluding hydrogens is 268 g/mol. The van der Waals surface area contributed by atoms with E-state index in [1.807, 2.05) is 30.3 Å². The number of ether oxygens (including phenoxy) is 3. The van der Waals surface area contributed by atoms with Gasteiger partial charge in [-0.1, -0.05) is 18.2 Å². The summed E-state index contributed by atoms with van der Waals surface area (Å²) < 4.78 is 15.9. The highest BCUT2D eigenvalue weighted by Gasteiger charge is 2.32. The summed E-state index contributed by atoms with van der Waals surface area (Å²) in [7, 11) is 4.75. The van der Waals surface area contributed by atoms with Crippen molar-refractivity contribution in [3.63, 3.8) is 0 Å². The Kier molecular flexibility index (Phi) is 4.38. The molecule has 0 heterocycles. The van der Waals surface area contributed by atoms with E-state index in [1.165, 1.54) is 0 Å². The van der Waals surface area contributed by atoms with Crippen molar-refractivity contribution in [2.24, 2.45) is 0 Å². The molecule has 4 heteroatoms. The van der Waals surface area contributed by atoms with Gasteiger partial charge in [0.25, 0.3) is 0 Å². The Morgan fingerprint density at radius 2 is 1.33 bits per heavy atom. The van der Waals surface area contributed by atoms with Crippen LogP contribution >= 0.6 is 0 Å². The van der Waals surface area contributed by atoms with Crippen LogP contribution in [0.3, 0.4) is 0 Å². The first-order chi connectivity index (χ1) is 10.0. The molecule has 0 aliphatic carbocycles. The van der Waals surface area contributed by atoms with Crippen LogP contribution in [0.4, 0.5) is 0 Å². The van der Waals surface area contributed by atoms with Crippen LogP contribution in [0.5, 0.6) is 17.2 Å². The van der Waals surface area contributed by atoms with Gasteiger partial charge < -0.3 is 19.3 Å². The minimum absolute atomic E-state index is 0.579. The third-order valence-electron chi connectivity index (χ3n) is 3.57. The number of hydrogen-bond donors (Lipinski definition) is 1. The molecule has 4 nitrogen and oxygen atoms in total. The van der Waals surface area contributed by atoms with Gasteiger partial charge in [0.05, 0.1) is 26.9 Å². The van der Waals surface area contributed by atoms with E-state index in [9.17, 15) is 5.11 Å². The lowest BCUT2D eigenvalue weighted by Crippen LogP contribution is -2.24. The van der Waals surface area contributed by atoms with Crippen molar-refractivity contribution < 1.29 is 19.3 Å². The molecule has 0 bridgehead atoms. The highest BCUT2D eigenvalue weighted by molar-refractivity contribution is 5.52. The predicted octanol–water partition coefficient (Wildman–Crippen LogP) is 2.97. The molecule has 2 aromatic carbocycles. The molecule has 0 radical (unpaired) electrons. The van der Waals surface area contributed by atoms with Crippen LogP contribution in [-0.4, -0.2) is 26.4 Å². The Labute approximate surface area is 124 Å². The average Bonchev–Trinajstić information content (AvgIpc) is 2.53. The molecule has 0 aliphatic rings. The molecule has 2 rings (SSSR count). The minimum atomic E-state index is -1.25. The van der Waals surface area contributed by atoms with E-state index in [4.69, 9.17) is 14.2 Å². The summed E-state index contributed by atoms with van der Waals surface area (Å²) in [5, 5.41) is 11.0. The number of aliphatic hydroxyl groups is 1. The molecule has 21 heavy (non-hydrogen) atoms. The third kappa shape index (κ3) is 2.81. The number of rotatable bonds is 5. The van der Waals surface area contributed by atoms with E-state index < -0.39 is 5.60 Å². The zero-order chi connectivity index (χ0) is 15.5. The first kappa shape index (κ1) is 15.2. The molecule has 0 aliphatic heterocycles. The summed E-state index contributed by atoms with van der Waals surface area (Å²) in [6, 6.07) is 12.7. The van der Waals surface area contributed by atoms with Gasteiger partial charge in [-0.15, -0.1) is 0 Å². The Balaban J connectivity index is 2.56. The van der Waals surface area contributed by atoms with E-state index in [2.05, 4.69) is 0 Å². The van der Waals surface area contributed by atoms with Crippen LogP contribution in [0.15, 0.2) is 42.5 Å². The van der Waals surface area contributed by atoms with Gasteiger partial charge in [-0.25, -0.2) is 0 Å². The highest BCUT2D eigenvalue weighted by atomic mass is 16.5. The van der Waals surface area contributed by atoms with Crippen molar-refractivity contribution in [2.75, 3.05) is 21.3 Å². The van der Waals surface area contributed by atoms with Crippen LogP contribution in [0, 0.1) is 0 Å². The molecular formula is C17H20O4. The third-order valence-corrected chi connectivity index (χ3v) is 3.57. The van der Waals surface area contributed by atoms with Crippen LogP contribution in [0.1, 0.15) is 18.1 Å². The number of hydrogen-bond acceptors (Lipinski definition) is 4. The summed E-state index contributed by atoms with van der Waals surface area (Å²) in [5.74, 6) is 1.90. The Morgan fingerprint density at radius 1 is 0.810 bits per heavy atom. The molecule has 0 spiro atoms. The summed E-state index contributed by atoms with van der Waals surface area (Å²) in [6.07, 6.45) is 0. The summed E-state index contributed by atoms with van der Waals surface area (Å²) in [6.45, 7) is 1.72. The second-order valence-corrected chi connectivity index (χ2v) is 4.84. The van der Waals surface area contributed by atoms with Gasteiger partial charge >= 0.3 is 0 Å². The normalized spacial score (nSPS) is 13.4. The maximum atomic E-state index is 11.0. The van der Waals surface area contributed by atoms with Gasteiger partial charge in [0.1, 0.15) is 22.8 Å². The van der Waals surface area contributed by atoms with Crippen LogP contribution in [-0.2, 0) is 5.60 Å². The second kappa shape index (κ2) is 6.06. The molecule has 2 aromatic rings. The van der Waals surface area contributed by atoms with Crippen molar-refractivity contribution in [1.82, 2.24) is 0 Å². The quantitative estimate of drug-likeness (QED) is 0.919. The Bertz CT molecular complexity index is 580. The molecule has 0 aromatic heterocycles. The van der Waals surface area contributed by atoms with Crippen molar-refractivity contribution in [1.29, 1.82) is 0 Å². The minimum Gasteiger partial charge on any atom is -0.497 e. The fraction of sp³-hybridized carbons (Fsp3) is 0.294. The fourth-order valence-electron chi connectivity index (χ4n) is 2.39. The van der Waals surface area contributed by atoms with Crippen molar-refractivity contribution >= 4 is 0 Å². The summed E-state index contributed by atoms with van der Waals surface area (Å²) >= 11 is 0. The highest BCUT2D eigenvalue weighted by Crippen LogP contribution is 2.41. The van der Waals surface area contributed by atoms with Gasteiger partial charge in [-0.3, -0.25) is 0 Å². The second-order valence-electron chi connectivity index (χ2n) is 4.84. The number of benzene rings is 2. The predicted molar refractivity (Wildman–Crippen MR) is 81.2 cm³/mol. The standard InChI is InChI=1S/C17H20O4/c1-17(18,12-8-10-13(19-2)11-9-12)16-14(20-3)6-5-7-15(16)21-4/h5-11,18H,1-4H3. The van der Waals surface area contributed by atoms with Crippen molar-refractivity contribution in [2.45, 2.75) is 12.5 Å². The lowest BCUT2D eigenvalue weighted by molar-refractivity contribution is 0.0955. The molecule has 1 N–H and O–H groups in total.